The SMILES string of the molecule is [CH2]C[C@H](C)CC/C=C(\C)CCC=C(C)C. The predicted molar refractivity (Wildman–Crippen MR) is 70.8 cm³/mol. The molecule has 0 aliphatic carbocycles. The van der Waals surface area contributed by atoms with Gasteiger partial charge in [-0.1, -0.05) is 43.6 Å². The van der Waals surface area contributed by atoms with E-state index in [0.717, 1.165) is 12.3 Å². The van der Waals surface area contributed by atoms with Crippen LogP contribution < -0.4 is 0 Å². The summed E-state index contributed by atoms with van der Waals surface area (Å²) in [6.45, 7) is 12.8. The van der Waals surface area contributed by atoms with Crippen LogP contribution in [0, 0.1) is 12.8 Å². The second-order valence-electron chi connectivity index (χ2n) is 4.84. The molecule has 0 aliphatic heterocycles. The zero-order chi connectivity index (χ0) is 11.7. The molecule has 0 N–H and O–H groups in total. The lowest BCUT2D eigenvalue weighted by molar-refractivity contribution is 0.543. The normalized spacial score (nSPS) is 13.8. The Morgan fingerprint density at radius 2 is 1.80 bits per heavy atom. The van der Waals surface area contributed by atoms with E-state index in [2.05, 4.69) is 46.8 Å². The molecule has 0 aliphatic rings. The van der Waals surface area contributed by atoms with Crippen molar-refractivity contribution in [2.45, 2.75) is 59.8 Å². The van der Waals surface area contributed by atoms with Crippen LogP contribution in [0.15, 0.2) is 23.3 Å². The van der Waals surface area contributed by atoms with Crippen LogP contribution in [-0.2, 0) is 0 Å². The fraction of sp³-hybridized carbons (Fsp3) is 0.667. The zero-order valence-electron chi connectivity index (χ0n) is 11.0. The number of hydrogen-bond donors (Lipinski definition) is 0. The highest BCUT2D eigenvalue weighted by molar-refractivity contribution is 5.02. The Morgan fingerprint density at radius 1 is 1.13 bits per heavy atom. The summed E-state index contributed by atoms with van der Waals surface area (Å²) in [6.07, 6.45) is 10.7. The lowest BCUT2D eigenvalue weighted by Gasteiger charge is -2.05. The molecule has 0 saturated heterocycles. The Morgan fingerprint density at radius 3 is 2.33 bits per heavy atom. The largest absolute Gasteiger partial charge is 0.0856 e. The third-order valence-corrected chi connectivity index (χ3v) is 2.74. The van der Waals surface area contributed by atoms with E-state index in [9.17, 15) is 0 Å². The van der Waals surface area contributed by atoms with Crippen LogP contribution in [0.4, 0.5) is 0 Å². The van der Waals surface area contributed by atoms with Gasteiger partial charge in [-0.15, -0.1) is 0 Å². The van der Waals surface area contributed by atoms with Gasteiger partial charge in [0.1, 0.15) is 0 Å². The molecule has 0 fully saturated rings. The van der Waals surface area contributed by atoms with Crippen molar-refractivity contribution in [1.29, 1.82) is 0 Å². The van der Waals surface area contributed by atoms with Crippen molar-refractivity contribution in [2.75, 3.05) is 0 Å². The maximum atomic E-state index is 3.92. The first-order chi connectivity index (χ1) is 7.06. The smallest absolute Gasteiger partial charge is 0.0288 e. The second kappa shape index (κ2) is 8.76. The average Bonchev–Trinajstić information content (AvgIpc) is 2.17. The molecule has 0 aromatic carbocycles. The van der Waals surface area contributed by atoms with Gasteiger partial charge in [0.25, 0.3) is 0 Å². The third kappa shape index (κ3) is 9.78. The zero-order valence-corrected chi connectivity index (χ0v) is 11.0. The monoisotopic (exact) mass is 207 g/mol. The van der Waals surface area contributed by atoms with Crippen molar-refractivity contribution in [3.05, 3.63) is 30.2 Å². The summed E-state index contributed by atoms with van der Waals surface area (Å²) in [7, 11) is 0. The van der Waals surface area contributed by atoms with Crippen molar-refractivity contribution >= 4 is 0 Å². The molecule has 0 amide bonds. The van der Waals surface area contributed by atoms with Gasteiger partial charge in [-0.2, -0.15) is 0 Å². The van der Waals surface area contributed by atoms with E-state index in [1.165, 1.54) is 36.8 Å². The van der Waals surface area contributed by atoms with E-state index in [1.807, 2.05) is 0 Å². The first kappa shape index (κ1) is 14.5. The summed E-state index contributed by atoms with van der Waals surface area (Å²) < 4.78 is 0. The number of rotatable bonds is 7. The quantitative estimate of drug-likeness (QED) is 0.496. The van der Waals surface area contributed by atoms with Crippen molar-refractivity contribution in [3.63, 3.8) is 0 Å². The predicted octanol–water partition coefficient (Wildman–Crippen LogP) is 5.32. The molecule has 0 saturated carbocycles. The highest BCUT2D eigenvalue weighted by atomic mass is 14.0. The summed E-state index contributed by atoms with van der Waals surface area (Å²) in [5.74, 6) is 0.770. The molecular formula is C15H27. The maximum absolute atomic E-state index is 3.92. The van der Waals surface area contributed by atoms with E-state index in [-0.39, 0.29) is 0 Å². The molecule has 1 atom stereocenters. The lowest BCUT2D eigenvalue weighted by Crippen LogP contribution is -1.90. The highest BCUT2D eigenvalue weighted by Gasteiger charge is 1.96. The summed E-state index contributed by atoms with van der Waals surface area (Å²) in [5.41, 5.74) is 2.96. The van der Waals surface area contributed by atoms with Gasteiger partial charge in [-0.3, -0.25) is 0 Å². The van der Waals surface area contributed by atoms with E-state index >= 15 is 0 Å². The number of allylic oxidation sites excluding steroid dienone is 4. The minimum absolute atomic E-state index is 0.770. The van der Waals surface area contributed by atoms with Crippen LogP contribution in [0.1, 0.15) is 59.8 Å². The minimum Gasteiger partial charge on any atom is -0.0856 e. The minimum atomic E-state index is 0.770. The molecule has 0 aromatic rings. The first-order valence-corrected chi connectivity index (χ1v) is 6.14. The Hall–Kier alpha value is -0.520. The Kier molecular flexibility index (Phi) is 8.46. The fourth-order valence-electron chi connectivity index (χ4n) is 1.45. The van der Waals surface area contributed by atoms with Gasteiger partial charge in [-0.05, 0) is 52.4 Å². The van der Waals surface area contributed by atoms with E-state index < -0.39 is 0 Å². The van der Waals surface area contributed by atoms with Crippen LogP contribution in [-0.4, -0.2) is 0 Å². The topological polar surface area (TPSA) is 0 Å². The van der Waals surface area contributed by atoms with Gasteiger partial charge in [0.2, 0.25) is 0 Å². The van der Waals surface area contributed by atoms with Crippen LogP contribution >= 0.6 is 0 Å². The fourth-order valence-corrected chi connectivity index (χ4v) is 1.45. The van der Waals surface area contributed by atoms with Crippen LogP contribution in [0.3, 0.4) is 0 Å². The Labute approximate surface area is 96.5 Å². The second-order valence-corrected chi connectivity index (χ2v) is 4.84. The van der Waals surface area contributed by atoms with Crippen molar-refractivity contribution < 1.29 is 0 Å². The molecular weight excluding hydrogens is 180 g/mol. The van der Waals surface area contributed by atoms with Crippen LogP contribution in [0.2, 0.25) is 0 Å². The summed E-state index contributed by atoms with van der Waals surface area (Å²) in [6, 6.07) is 0. The van der Waals surface area contributed by atoms with Crippen LogP contribution in [0.25, 0.3) is 0 Å². The highest BCUT2D eigenvalue weighted by Crippen LogP contribution is 2.13. The Bertz CT molecular complexity index is 204. The molecule has 1 radical (unpaired) electrons. The molecule has 0 rings (SSSR count). The van der Waals surface area contributed by atoms with Crippen molar-refractivity contribution in [1.82, 2.24) is 0 Å². The molecule has 0 aromatic heterocycles. The summed E-state index contributed by atoms with van der Waals surface area (Å²) in [4.78, 5) is 0. The molecule has 15 heavy (non-hydrogen) atoms. The number of hydrogen-bond acceptors (Lipinski definition) is 0. The van der Waals surface area contributed by atoms with Gasteiger partial charge in [0.05, 0.1) is 0 Å². The molecule has 0 nitrogen and oxygen atoms in total. The molecule has 0 spiro atoms. The van der Waals surface area contributed by atoms with Gasteiger partial charge >= 0.3 is 0 Å². The Balaban J connectivity index is 3.65. The van der Waals surface area contributed by atoms with Gasteiger partial charge < -0.3 is 0 Å². The average molecular weight is 207 g/mol. The summed E-state index contributed by atoms with van der Waals surface area (Å²) in [5, 5.41) is 0. The lowest BCUT2D eigenvalue weighted by atomic mass is 10.0. The molecule has 87 valence electrons. The van der Waals surface area contributed by atoms with Crippen molar-refractivity contribution in [2.24, 2.45) is 5.92 Å². The van der Waals surface area contributed by atoms with E-state index in [1.54, 1.807) is 0 Å². The first-order valence-electron chi connectivity index (χ1n) is 6.14. The molecule has 0 unspecified atom stereocenters. The summed E-state index contributed by atoms with van der Waals surface area (Å²) >= 11 is 0. The van der Waals surface area contributed by atoms with Gasteiger partial charge in [0, 0.05) is 0 Å². The van der Waals surface area contributed by atoms with Crippen LogP contribution in [0.5, 0.6) is 0 Å². The molecule has 0 bridgehead atoms. The molecule has 0 heteroatoms. The standard InChI is InChI=1S/C15H27/c1-6-14(4)10-8-12-15(5)11-7-9-13(2)3/h9,12,14H,1,6-8,10-11H2,2-5H3/b15-12+/t14-/m0/s1. The van der Waals surface area contributed by atoms with Crippen molar-refractivity contribution in [3.8, 4) is 0 Å². The van der Waals surface area contributed by atoms with E-state index in [4.69, 9.17) is 0 Å². The maximum Gasteiger partial charge on any atom is -0.0288 e. The third-order valence-electron chi connectivity index (χ3n) is 2.74. The van der Waals surface area contributed by atoms with Gasteiger partial charge in [0.15, 0.2) is 0 Å². The molecule has 0 heterocycles. The van der Waals surface area contributed by atoms with Gasteiger partial charge in [-0.25, -0.2) is 0 Å². The van der Waals surface area contributed by atoms with E-state index in [0.29, 0.717) is 0 Å².